The molecule has 1 saturated heterocycles. The van der Waals surface area contributed by atoms with Crippen LogP contribution in [0, 0.1) is 5.82 Å². The first-order chi connectivity index (χ1) is 21.4. The van der Waals surface area contributed by atoms with E-state index in [4.69, 9.17) is 9.47 Å². The van der Waals surface area contributed by atoms with Crippen molar-refractivity contribution in [2.24, 2.45) is 0 Å². The third-order valence-corrected chi connectivity index (χ3v) is 9.31. The highest BCUT2D eigenvalue weighted by Gasteiger charge is 2.48. The minimum Gasteiger partial charge on any atom is -0.507 e. The van der Waals surface area contributed by atoms with Gasteiger partial charge in [0.05, 0.1) is 25.3 Å². The SMILES string of the molecule is CCOc1ccc(C2C(=C(O)c3ccc(OC)c(F)c3)C(=O)C(=O)N2c2nnc(SCc3cccc4ccccc34)s2)cc1. The highest BCUT2D eigenvalue weighted by Crippen LogP contribution is 2.44. The molecule has 222 valence electrons. The van der Waals surface area contributed by atoms with Gasteiger partial charge < -0.3 is 14.6 Å². The van der Waals surface area contributed by atoms with Crippen LogP contribution in [0.15, 0.2) is 94.8 Å². The zero-order chi connectivity index (χ0) is 30.8. The molecule has 11 heteroatoms. The summed E-state index contributed by atoms with van der Waals surface area (Å²) in [6.07, 6.45) is 0. The molecule has 44 heavy (non-hydrogen) atoms. The quantitative estimate of drug-likeness (QED) is 0.0604. The van der Waals surface area contributed by atoms with Crippen molar-refractivity contribution >= 4 is 56.5 Å². The van der Waals surface area contributed by atoms with E-state index in [9.17, 15) is 19.1 Å². The Balaban J connectivity index is 1.37. The van der Waals surface area contributed by atoms with Gasteiger partial charge in [-0.05, 0) is 59.2 Å². The van der Waals surface area contributed by atoms with Crippen molar-refractivity contribution in [1.29, 1.82) is 0 Å². The van der Waals surface area contributed by atoms with Gasteiger partial charge in [-0.2, -0.15) is 0 Å². The molecule has 0 radical (unpaired) electrons. The van der Waals surface area contributed by atoms with Crippen LogP contribution in [0.5, 0.6) is 11.5 Å². The highest BCUT2D eigenvalue weighted by atomic mass is 32.2. The second-order valence-electron chi connectivity index (χ2n) is 9.80. The fourth-order valence-electron chi connectivity index (χ4n) is 5.14. The number of thioether (sulfide) groups is 1. The minimum atomic E-state index is -1.04. The molecule has 1 fully saturated rings. The summed E-state index contributed by atoms with van der Waals surface area (Å²) in [5.41, 5.74) is 1.50. The number of ketones is 1. The van der Waals surface area contributed by atoms with Gasteiger partial charge in [-0.1, -0.05) is 77.7 Å². The molecule has 6 rings (SSSR count). The summed E-state index contributed by atoms with van der Waals surface area (Å²) < 4.78 is 25.7. The first kappa shape index (κ1) is 29.3. The van der Waals surface area contributed by atoms with E-state index < -0.39 is 29.3 Å². The molecule has 1 unspecified atom stereocenters. The predicted octanol–water partition coefficient (Wildman–Crippen LogP) is 7.16. The van der Waals surface area contributed by atoms with Crippen LogP contribution in [0.25, 0.3) is 16.5 Å². The Bertz CT molecular complexity index is 1900. The van der Waals surface area contributed by atoms with Crippen LogP contribution in [0.1, 0.15) is 29.7 Å². The van der Waals surface area contributed by atoms with Crippen LogP contribution >= 0.6 is 23.1 Å². The van der Waals surface area contributed by atoms with E-state index in [0.29, 0.717) is 28.0 Å². The molecular weight excluding hydrogens is 602 g/mol. The van der Waals surface area contributed by atoms with E-state index in [1.165, 1.54) is 47.2 Å². The Morgan fingerprint density at radius 2 is 1.80 bits per heavy atom. The van der Waals surface area contributed by atoms with E-state index in [0.717, 1.165) is 22.4 Å². The molecule has 1 atom stereocenters. The van der Waals surface area contributed by atoms with E-state index in [1.54, 1.807) is 24.3 Å². The van der Waals surface area contributed by atoms with Crippen LogP contribution < -0.4 is 14.4 Å². The molecular formula is C33H26FN3O5S2. The number of amides is 1. The number of fused-ring (bicyclic) bond motifs is 1. The van der Waals surface area contributed by atoms with Gasteiger partial charge in [0.2, 0.25) is 5.13 Å². The summed E-state index contributed by atoms with van der Waals surface area (Å²) in [6, 6.07) is 23.9. The Hall–Kier alpha value is -4.74. The summed E-state index contributed by atoms with van der Waals surface area (Å²) in [7, 11) is 1.33. The second-order valence-corrected chi connectivity index (χ2v) is 12.0. The number of Topliss-reactive ketones (excluding diaryl/α,β-unsaturated/α-hetero) is 1. The lowest BCUT2D eigenvalue weighted by atomic mass is 9.95. The normalized spacial score (nSPS) is 16.1. The van der Waals surface area contributed by atoms with Crippen LogP contribution in [-0.4, -0.2) is 40.7 Å². The monoisotopic (exact) mass is 627 g/mol. The van der Waals surface area contributed by atoms with Gasteiger partial charge >= 0.3 is 5.91 Å². The number of hydrogen-bond donors (Lipinski definition) is 1. The number of benzene rings is 4. The molecule has 2 heterocycles. The molecule has 0 spiro atoms. The lowest BCUT2D eigenvalue weighted by molar-refractivity contribution is -0.132. The average molecular weight is 628 g/mol. The van der Waals surface area contributed by atoms with Gasteiger partial charge in [0.15, 0.2) is 15.9 Å². The van der Waals surface area contributed by atoms with Crippen LogP contribution in [0.4, 0.5) is 9.52 Å². The molecule has 1 N–H and O–H groups in total. The van der Waals surface area contributed by atoms with Gasteiger partial charge in [-0.25, -0.2) is 4.39 Å². The maximum Gasteiger partial charge on any atom is 0.301 e. The number of methoxy groups -OCH3 is 1. The Kier molecular flexibility index (Phi) is 8.32. The molecule has 1 aromatic heterocycles. The number of aliphatic hydroxyl groups is 1. The molecule has 1 amide bonds. The summed E-state index contributed by atoms with van der Waals surface area (Å²) in [5.74, 6) is -1.82. The predicted molar refractivity (Wildman–Crippen MR) is 169 cm³/mol. The van der Waals surface area contributed by atoms with Crippen molar-refractivity contribution in [2.75, 3.05) is 18.6 Å². The maximum atomic E-state index is 14.6. The number of hydrogen-bond acceptors (Lipinski definition) is 9. The number of anilines is 1. The summed E-state index contributed by atoms with van der Waals surface area (Å²) >= 11 is 2.65. The van der Waals surface area contributed by atoms with Crippen molar-refractivity contribution in [3.05, 3.63) is 113 Å². The lowest BCUT2D eigenvalue weighted by Gasteiger charge is -2.22. The number of aliphatic hydroxyl groups excluding tert-OH is 1. The number of carbonyl (C=O) groups excluding carboxylic acids is 2. The molecule has 0 saturated carbocycles. The highest BCUT2D eigenvalue weighted by molar-refractivity contribution is 8.00. The first-order valence-electron chi connectivity index (χ1n) is 13.7. The smallest absolute Gasteiger partial charge is 0.301 e. The molecule has 0 aliphatic carbocycles. The van der Waals surface area contributed by atoms with Gasteiger partial charge in [0.25, 0.3) is 5.78 Å². The van der Waals surface area contributed by atoms with Gasteiger partial charge in [-0.3, -0.25) is 14.5 Å². The zero-order valence-electron chi connectivity index (χ0n) is 23.7. The Labute approximate surface area is 260 Å². The summed E-state index contributed by atoms with van der Waals surface area (Å²) in [6.45, 7) is 2.33. The Morgan fingerprint density at radius 1 is 1.02 bits per heavy atom. The van der Waals surface area contributed by atoms with Crippen molar-refractivity contribution in [3.63, 3.8) is 0 Å². The van der Waals surface area contributed by atoms with Crippen LogP contribution in [0.3, 0.4) is 0 Å². The van der Waals surface area contributed by atoms with Crippen LogP contribution in [-0.2, 0) is 15.3 Å². The van der Waals surface area contributed by atoms with E-state index in [-0.39, 0.29) is 22.0 Å². The topological polar surface area (TPSA) is 102 Å². The van der Waals surface area contributed by atoms with Crippen molar-refractivity contribution in [3.8, 4) is 11.5 Å². The number of halogens is 1. The number of nitrogens with zero attached hydrogens (tertiary/aromatic N) is 3. The molecule has 0 bridgehead atoms. The third kappa shape index (κ3) is 5.51. The minimum absolute atomic E-state index is 0.0209. The average Bonchev–Trinajstić information content (AvgIpc) is 3.61. The fourth-order valence-corrected chi connectivity index (χ4v) is 7.01. The van der Waals surface area contributed by atoms with Gasteiger partial charge in [0.1, 0.15) is 11.5 Å². The van der Waals surface area contributed by atoms with Crippen LogP contribution in [0.2, 0.25) is 0 Å². The molecule has 4 aromatic carbocycles. The van der Waals surface area contributed by atoms with Crippen molar-refractivity contribution < 1.29 is 28.6 Å². The van der Waals surface area contributed by atoms with Crippen molar-refractivity contribution in [2.45, 2.75) is 23.1 Å². The van der Waals surface area contributed by atoms with E-state index in [2.05, 4.69) is 34.5 Å². The number of ether oxygens (including phenoxy) is 2. The number of rotatable bonds is 9. The lowest BCUT2D eigenvalue weighted by Crippen LogP contribution is -2.29. The number of aromatic nitrogens is 2. The third-order valence-electron chi connectivity index (χ3n) is 7.21. The fraction of sp³-hybridized carbons (Fsp3) is 0.152. The molecule has 1 aliphatic rings. The number of carbonyl (C=O) groups is 2. The zero-order valence-corrected chi connectivity index (χ0v) is 25.3. The second kappa shape index (κ2) is 12.5. The van der Waals surface area contributed by atoms with Crippen molar-refractivity contribution in [1.82, 2.24) is 10.2 Å². The van der Waals surface area contributed by atoms with E-state index in [1.807, 2.05) is 25.1 Å². The van der Waals surface area contributed by atoms with Gasteiger partial charge in [-0.15, -0.1) is 10.2 Å². The Morgan fingerprint density at radius 3 is 2.55 bits per heavy atom. The maximum absolute atomic E-state index is 14.6. The van der Waals surface area contributed by atoms with E-state index >= 15 is 0 Å². The molecule has 5 aromatic rings. The standard InChI is InChI=1S/C33H26FN3O5S2/c1-3-42-23-14-11-20(12-15-23)28-27(29(38)21-13-16-26(41-2)25(34)17-21)30(39)31(40)37(28)32-35-36-33(44-32)43-18-22-9-6-8-19-7-4-5-10-24(19)22/h4-17,28,38H,3,18H2,1-2H3. The van der Waals surface area contributed by atoms with Gasteiger partial charge in [0, 0.05) is 11.3 Å². The molecule has 8 nitrogen and oxygen atoms in total. The largest absolute Gasteiger partial charge is 0.507 e. The molecule has 1 aliphatic heterocycles. The first-order valence-corrected chi connectivity index (χ1v) is 15.5. The summed E-state index contributed by atoms with van der Waals surface area (Å²) in [5, 5.41) is 22.4. The summed E-state index contributed by atoms with van der Waals surface area (Å²) in [4.78, 5) is 28.3.